The van der Waals surface area contributed by atoms with E-state index >= 15 is 0 Å². The summed E-state index contributed by atoms with van der Waals surface area (Å²) in [5.74, 6) is 0.000467. The molecular formula is C24H25O3P. The summed E-state index contributed by atoms with van der Waals surface area (Å²) in [5.41, 5.74) is 1.34. The number of phenols is 1. The molecule has 0 aliphatic heterocycles. The van der Waals surface area contributed by atoms with Crippen molar-refractivity contribution in [3.8, 4) is 5.75 Å². The smallest absolute Gasteiger partial charge is 0.153 e. The van der Waals surface area contributed by atoms with E-state index < -0.39 is 7.14 Å². The highest BCUT2D eigenvalue weighted by Crippen LogP contribution is 2.48. The van der Waals surface area contributed by atoms with Crippen LogP contribution in [0.15, 0.2) is 72.8 Å². The van der Waals surface area contributed by atoms with Crippen LogP contribution in [-0.2, 0) is 16.1 Å². The van der Waals surface area contributed by atoms with Crippen LogP contribution >= 0.6 is 7.14 Å². The van der Waals surface area contributed by atoms with E-state index in [0.29, 0.717) is 11.8 Å². The number of hydrogen-bond donors (Lipinski definition) is 1. The lowest BCUT2D eigenvalue weighted by Gasteiger charge is -2.24. The van der Waals surface area contributed by atoms with Crippen LogP contribution in [-0.4, -0.2) is 11.4 Å². The maximum absolute atomic E-state index is 14.3. The molecule has 28 heavy (non-hydrogen) atoms. The van der Waals surface area contributed by atoms with Crippen LogP contribution in [0.1, 0.15) is 42.3 Å². The molecule has 0 bridgehead atoms. The monoisotopic (exact) mass is 392 g/mol. The zero-order chi connectivity index (χ0) is 20.4. The van der Waals surface area contributed by atoms with Gasteiger partial charge in [-0.05, 0) is 17.0 Å². The lowest BCUT2D eigenvalue weighted by Crippen LogP contribution is -2.18. The summed E-state index contributed by atoms with van der Waals surface area (Å²) in [7, 11) is -2.96. The Morgan fingerprint density at radius 3 is 1.82 bits per heavy atom. The fourth-order valence-corrected chi connectivity index (χ4v) is 6.07. The zero-order valence-corrected chi connectivity index (χ0v) is 17.3. The van der Waals surface area contributed by atoms with Crippen molar-refractivity contribution >= 4 is 24.0 Å². The van der Waals surface area contributed by atoms with Crippen molar-refractivity contribution in [2.24, 2.45) is 0 Å². The minimum Gasteiger partial charge on any atom is -0.507 e. The third kappa shape index (κ3) is 3.95. The van der Waals surface area contributed by atoms with E-state index in [2.05, 4.69) is 0 Å². The Kier molecular flexibility index (Phi) is 5.58. The molecule has 0 radical (unpaired) electrons. The number of benzene rings is 3. The molecule has 3 nitrogen and oxygen atoms in total. The average Bonchev–Trinajstić information content (AvgIpc) is 2.69. The molecule has 0 atom stereocenters. The van der Waals surface area contributed by atoms with Crippen molar-refractivity contribution in [1.29, 1.82) is 0 Å². The number of phenolic OH excluding ortho intramolecular Hbond substituents is 1. The molecule has 3 aromatic rings. The molecule has 1 N–H and O–H groups in total. The van der Waals surface area contributed by atoms with E-state index in [0.717, 1.165) is 16.2 Å². The Bertz CT molecular complexity index is 975. The van der Waals surface area contributed by atoms with Crippen molar-refractivity contribution in [3.63, 3.8) is 0 Å². The molecule has 3 rings (SSSR count). The highest BCUT2D eigenvalue weighted by Gasteiger charge is 2.29. The molecule has 0 aromatic heterocycles. The molecule has 0 aliphatic rings. The lowest BCUT2D eigenvalue weighted by molar-refractivity contribution is 0.112. The molecule has 0 spiro atoms. The molecule has 0 unspecified atom stereocenters. The molecule has 144 valence electrons. The molecule has 4 heteroatoms. The summed E-state index contributed by atoms with van der Waals surface area (Å²) in [6.45, 7) is 5.94. The quantitative estimate of drug-likeness (QED) is 0.490. The summed E-state index contributed by atoms with van der Waals surface area (Å²) in [4.78, 5) is 11.5. The van der Waals surface area contributed by atoms with Crippen LogP contribution in [0.2, 0.25) is 0 Å². The van der Waals surface area contributed by atoms with Gasteiger partial charge in [-0.1, -0.05) is 87.5 Å². The van der Waals surface area contributed by atoms with Crippen LogP contribution in [0.25, 0.3) is 0 Å². The third-order valence-corrected chi connectivity index (χ3v) is 7.96. The SMILES string of the molecule is CC(C)(C)c1cc(CP(=O)(c2ccccc2)c2ccccc2)cc(C=O)c1O. The van der Waals surface area contributed by atoms with E-state index in [1.165, 1.54) is 0 Å². The van der Waals surface area contributed by atoms with Crippen LogP contribution < -0.4 is 10.6 Å². The topological polar surface area (TPSA) is 54.4 Å². The van der Waals surface area contributed by atoms with Crippen molar-refractivity contribution < 1.29 is 14.5 Å². The first-order valence-electron chi connectivity index (χ1n) is 9.27. The van der Waals surface area contributed by atoms with E-state index in [1.807, 2.05) is 87.5 Å². The van der Waals surface area contributed by atoms with Gasteiger partial charge in [0.15, 0.2) is 6.29 Å². The molecule has 0 saturated heterocycles. The van der Waals surface area contributed by atoms with Gasteiger partial charge < -0.3 is 9.67 Å². The normalized spacial score (nSPS) is 12.0. The predicted octanol–water partition coefficient (Wildman–Crippen LogP) is 5.02. The Morgan fingerprint density at radius 1 is 0.893 bits per heavy atom. The lowest BCUT2D eigenvalue weighted by atomic mass is 9.84. The number of carbonyl (C=O) groups excluding carboxylic acids is 1. The highest BCUT2D eigenvalue weighted by atomic mass is 31.2. The van der Waals surface area contributed by atoms with Gasteiger partial charge in [0.25, 0.3) is 0 Å². The first kappa shape index (κ1) is 20.1. The van der Waals surface area contributed by atoms with Gasteiger partial charge in [0, 0.05) is 22.3 Å². The fourth-order valence-electron chi connectivity index (χ4n) is 3.40. The second-order valence-electron chi connectivity index (χ2n) is 8.02. The van der Waals surface area contributed by atoms with Gasteiger partial charge in [0.2, 0.25) is 0 Å². The largest absolute Gasteiger partial charge is 0.507 e. The Labute approximate surface area is 166 Å². The van der Waals surface area contributed by atoms with Crippen LogP contribution in [0.4, 0.5) is 0 Å². The minimum absolute atomic E-state index is 0.000467. The first-order chi connectivity index (χ1) is 13.3. The Morgan fingerprint density at radius 2 is 1.39 bits per heavy atom. The number of carbonyl (C=O) groups is 1. The molecule has 0 fully saturated rings. The van der Waals surface area contributed by atoms with Crippen molar-refractivity contribution in [2.45, 2.75) is 32.3 Å². The second-order valence-corrected chi connectivity index (χ2v) is 10.8. The molecule has 0 saturated carbocycles. The van der Waals surface area contributed by atoms with Gasteiger partial charge >= 0.3 is 0 Å². The zero-order valence-electron chi connectivity index (χ0n) is 16.4. The minimum atomic E-state index is -2.96. The maximum Gasteiger partial charge on any atom is 0.153 e. The molecule has 3 aromatic carbocycles. The Hall–Kier alpha value is -2.64. The summed E-state index contributed by atoms with van der Waals surface area (Å²) in [5, 5.41) is 12.0. The van der Waals surface area contributed by atoms with E-state index in [1.54, 1.807) is 6.07 Å². The molecule has 0 amide bonds. The van der Waals surface area contributed by atoms with Crippen molar-refractivity contribution in [2.75, 3.05) is 0 Å². The van der Waals surface area contributed by atoms with Crippen LogP contribution in [0, 0.1) is 0 Å². The van der Waals surface area contributed by atoms with Crippen molar-refractivity contribution in [3.05, 3.63) is 89.5 Å². The Balaban J connectivity index is 2.18. The molecular weight excluding hydrogens is 367 g/mol. The van der Waals surface area contributed by atoms with Gasteiger partial charge in [-0.25, -0.2) is 0 Å². The third-order valence-electron chi connectivity index (χ3n) is 4.89. The van der Waals surface area contributed by atoms with Crippen molar-refractivity contribution in [1.82, 2.24) is 0 Å². The maximum atomic E-state index is 14.3. The average molecular weight is 392 g/mol. The number of rotatable bonds is 5. The highest BCUT2D eigenvalue weighted by molar-refractivity contribution is 7.78. The van der Waals surface area contributed by atoms with Gasteiger partial charge in [-0.3, -0.25) is 4.79 Å². The fraction of sp³-hybridized carbons (Fsp3) is 0.208. The summed E-state index contributed by atoms with van der Waals surface area (Å²) >= 11 is 0. The molecule has 0 heterocycles. The van der Waals surface area contributed by atoms with Gasteiger partial charge in [-0.15, -0.1) is 0 Å². The van der Waals surface area contributed by atoms with Crippen LogP contribution in [0.5, 0.6) is 5.75 Å². The van der Waals surface area contributed by atoms with E-state index in [-0.39, 0.29) is 22.9 Å². The standard InChI is InChI=1S/C24H25O3P/c1-24(2,3)22-15-18(14-19(16-25)23(22)26)17-28(27,20-10-6-4-7-11-20)21-12-8-5-9-13-21/h4-16,26H,17H2,1-3H3. The summed E-state index contributed by atoms with van der Waals surface area (Å²) in [6.07, 6.45) is 0.940. The second kappa shape index (κ2) is 7.77. The van der Waals surface area contributed by atoms with Crippen LogP contribution in [0.3, 0.4) is 0 Å². The van der Waals surface area contributed by atoms with E-state index in [9.17, 15) is 14.5 Å². The first-order valence-corrected chi connectivity index (χ1v) is 11.2. The summed E-state index contributed by atoms with van der Waals surface area (Å²) in [6, 6.07) is 22.4. The van der Waals surface area contributed by atoms with Gasteiger partial charge in [0.1, 0.15) is 12.9 Å². The number of aromatic hydroxyl groups is 1. The van der Waals surface area contributed by atoms with Gasteiger partial charge in [0.05, 0.1) is 5.56 Å². The molecule has 0 aliphatic carbocycles. The number of aldehydes is 1. The predicted molar refractivity (Wildman–Crippen MR) is 116 cm³/mol. The van der Waals surface area contributed by atoms with E-state index in [4.69, 9.17) is 0 Å². The number of hydrogen-bond acceptors (Lipinski definition) is 3. The van der Waals surface area contributed by atoms with Gasteiger partial charge in [-0.2, -0.15) is 0 Å². The summed E-state index contributed by atoms with van der Waals surface area (Å²) < 4.78 is 14.3.